The van der Waals surface area contributed by atoms with Crippen molar-refractivity contribution in [2.24, 2.45) is 0 Å². The fraction of sp³-hybridized carbons (Fsp3) is 0.231. The van der Waals surface area contributed by atoms with Crippen molar-refractivity contribution in [3.8, 4) is 5.75 Å². The van der Waals surface area contributed by atoms with Crippen LogP contribution in [0.1, 0.15) is 17.4 Å². The fourth-order valence-electron chi connectivity index (χ4n) is 1.81. The normalized spacial score (nSPS) is 14.4. The average molecular weight is 313 g/mol. The smallest absolute Gasteiger partial charge is 0.126 e. The Kier molecular flexibility index (Phi) is 3.56. The molecular formula is C13H13BrO2S. The van der Waals surface area contributed by atoms with Gasteiger partial charge in [0.2, 0.25) is 0 Å². The minimum Gasteiger partial charge on any atom is -0.496 e. The summed E-state index contributed by atoms with van der Waals surface area (Å²) in [6, 6.07) is 9.45. The zero-order chi connectivity index (χ0) is 12.5. The highest BCUT2D eigenvalue weighted by Gasteiger charge is 2.31. The molecule has 2 nitrogen and oxygen atoms in total. The molecule has 1 N–H and O–H groups in total. The second-order valence-corrected chi connectivity index (χ2v) is 5.64. The van der Waals surface area contributed by atoms with E-state index in [1.54, 1.807) is 14.0 Å². The Balaban J connectivity index is 2.55. The summed E-state index contributed by atoms with van der Waals surface area (Å²) in [7, 11) is 1.61. The molecule has 2 aromatic rings. The van der Waals surface area contributed by atoms with Crippen LogP contribution >= 0.6 is 27.3 Å². The highest BCUT2D eigenvalue weighted by atomic mass is 79.9. The van der Waals surface area contributed by atoms with Crippen molar-refractivity contribution in [3.63, 3.8) is 0 Å². The molecule has 0 bridgehead atoms. The van der Waals surface area contributed by atoms with Crippen LogP contribution in [-0.2, 0) is 5.60 Å². The topological polar surface area (TPSA) is 29.5 Å². The van der Waals surface area contributed by atoms with E-state index in [0.29, 0.717) is 5.75 Å². The van der Waals surface area contributed by atoms with Crippen molar-refractivity contribution in [1.29, 1.82) is 0 Å². The van der Waals surface area contributed by atoms with Gasteiger partial charge in [-0.3, -0.25) is 0 Å². The van der Waals surface area contributed by atoms with Crippen molar-refractivity contribution in [1.82, 2.24) is 0 Å². The van der Waals surface area contributed by atoms with E-state index in [-0.39, 0.29) is 0 Å². The number of halogens is 1. The Labute approximate surface area is 113 Å². The molecule has 17 heavy (non-hydrogen) atoms. The molecule has 1 heterocycles. The van der Waals surface area contributed by atoms with Crippen molar-refractivity contribution < 1.29 is 9.84 Å². The van der Waals surface area contributed by atoms with E-state index in [0.717, 1.165) is 14.9 Å². The van der Waals surface area contributed by atoms with Gasteiger partial charge in [0.15, 0.2) is 0 Å². The number of ether oxygens (including phenoxy) is 1. The van der Waals surface area contributed by atoms with Crippen LogP contribution in [0.15, 0.2) is 40.2 Å². The highest BCUT2D eigenvalue weighted by Crippen LogP contribution is 2.41. The summed E-state index contributed by atoms with van der Waals surface area (Å²) < 4.78 is 6.21. The highest BCUT2D eigenvalue weighted by molar-refractivity contribution is 9.10. The SMILES string of the molecule is COc1ccccc1C(C)(O)c1sccc1Br. The Morgan fingerprint density at radius 1 is 1.29 bits per heavy atom. The lowest BCUT2D eigenvalue weighted by Crippen LogP contribution is -2.22. The molecule has 0 amide bonds. The van der Waals surface area contributed by atoms with Gasteiger partial charge in [0.25, 0.3) is 0 Å². The molecule has 2 rings (SSSR count). The molecule has 0 saturated heterocycles. The zero-order valence-corrected chi connectivity index (χ0v) is 12.0. The van der Waals surface area contributed by atoms with Crippen LogP contribution in [-0.4, -0.2) is 12.2 Å². The van der Waals surface area contributed by atoms with E-state index in [2.05, 4.69) is 15.9 Å². The second kappa shape index (κ2) is 4.80. The predicted molar refractivity (Wildman–Crippen MR) is 73.7 cm³/mol. The molecule has 1 aromatic heterocycles. The summed E-state index contributed by atoms with van der Waals surface area (Å²) in [4.78, 5) is 0.877. The lowest BCUT2D eigenvalue weighted by Gasteiger charge is -2.25. The maximum Gasteiger partial charge on any atom is 0.126 e. The molecular weight excluding hydrogens is 300 g/mol. The van der Waals surface area contributed by atoms with Gasteiger partial charge in [-0.2, -0.15) is 0 Å². The largest absolute Gasteiger partial charge is 0.496 e. The number of rotatable bonds is 3. The first-order valence-corrected chi connectivity index (χ1v) is 6.84. The van der Waals surface area contributed by atoms with Crippen molar-refractivity contribution in [2.45, 2.75) is 12.5 Å². The number of methoxy groups -OCH3 is 1. The van der Waals surface area contributed by atoms with Gasteiger partial charge in [0.1, 0.15) is 11.4 Å². The minimum absolute atomic E-state index is 0.692. The van der Waals surface area contributed by atoms with Crippen molar-refractivity contribution >= 4 is 27.3 Å². The van der Waals surface area contributed by atoms with E-state index in [1.165, 1.54) is 11.3 Å². The molecule has 0 aliphatic heterocycles. The Hall–Kier alpha value is -0.840. The number of thiophene rings is 1. The Morgan fingerprint density at radius 2 is 2.00 bits per heavy atom. The first kappa shape index (κ1) is 12.6. The molecule has 0 fully saturated rings. The van der Waals surface area contributed by atoms with Crippen LogP contribution in [0.25, 0.3) is 0 Å². The molecule has 1 atom stereocenters. The van der Waals surface area contributed by atoms with Gasteiger partial charge in [-0.25, -0.2) is 0 Å². The number of hydrogen-bond donors (Lipinski definition) is 1. The van der Waals surface area contributed by atoms with Crippen LogP contribution in [0.2, 0.25) is 0 Å². The van der Waals surface area contributed by atoms with Gasteiger partial charge >= 0.3 is 0 Å². The third-order valence-electron chi connectivity index (χ3n) is 2.69. The van der Waals surface area contributed by atoms with Crippen LogP contribution in [0.3, 0.4) is 0 Å². The third-order valence-corrected chi connectivity index (χ3v) is 4.74. The summed E-state index contributed by atoms with van der Waals surface area (Å²) in [5.41, 5.74) is -0.287. The van der Waals surface area contributed by atoms with Crippen LogP contribution < -0.4 is 4.74 Å². The Morgan fingerprint density at radius 3 is 2.59 bits per heavy atom. The molecule has 1 aromatic carbocycles. The number of para-hydroxylation sites is 1. The van der Waals surface area contributed by atoms with Gasteiger partial charge in [-0.05, 0) is 40.4 Å². The molecule has 1 unspecified atom stereocenters. The van der Waals surface area contributed by atoms with Gasteiger partial charge in [0, 0.05) is 10.0 Å². The first-order chi connectivity index (χ1) is 8.07. The Bertz CT molecular complexity index is 520. The van der Waals surface area contributed by atoms with Crippen LogP contribution in [0.5, 0.6) is 5.75 Å². The third kappa shape index (κ3) is 2.25. The number of benzene rings is 1. The number of hydrogen-bond acceptors (Lipinski definition) is 3. The monoisotopic (exact) mass is 312 g/mol. The molecule has 4 heteroatoms. The standard InChI is InChI=1S/C13H13BrO2S/c1-13(15,12-10(14)7-8-17-12)9-5-3-4-6-11(9)16-2/h3-8,15H,1-2H3. The summed E-state index contributed by atoms with van der Waals surface area (Å²) in [5.74, 6) is 0.692. The second-order valence-electron chi connectivity index (χ2n) is 3.87. The summed E-state index contributed by atoms with van der Waals surface area (Å²) in [6.45, 7) is 1.78. The van der Waals surface area contributed by atoms with Gasteiger partial charge in [-0.1, -0.05) is 18.2 Å². The van der Waals surface area contributed by atoms with Crippen molar-refractivity contribution in [3.05, 3.63) is 50.6 Å². The number of aliphatic hydroxyl groups is 1. The maximum atomic E-state index is 10.7. The zero-order valence-electron chi connectivity index (χ0n) is 9.61. The van der Waals surface area contributed by atoms with E-state index >= 15 is 0 Å². The first-order valence-electron chi connectivity index (χ1n) is 5.16. The molecule has 0 aliphatic carbocycles. The molecule has 0 spiro atoms. The maximum absolute atomic E-state index is 10.7. The van der Waals surface area contributed by atoms with E-state index in [1.807, 2.05) is 35.7 Å². The summed E-state index contributed by atoms with van der Waals surface area (Å²) in [6.07, 6.45) is 0. The van der Waals surface area contributed by atoms with Gasteiger partial charge in [-0.15, -0.1) is 11.3 Å². The summed E-state index contributed by atoms with van der Waals surface area (Å²) >= 11 is 4.97. The molecule has 0 aliphatic rings. The molecule has 0 saturated carbocycles. The van der Waals surface area contributed by atoms with Crippen LogP contribution in [0, 0.1) is 0 Å². The minimum atomic E-state index is -1.06. The van der Waals surface area contributed by atoms with Gasteiger partial charge in [0.05, 0.1) is 12.0 Å². The predicted octanol–water partition coefficient (Wildman–Crippen LogP) is 3.78. The van der Waals surface area contributed by atoms with E-state index in [9.17, 15) is 5.11 Å². The average Bonchev–Trinajstić information content (AvgIpc) is 2.76. The van der Waals surface area contributed by atoms with Crippen LogP contribution in [0.4, 0.5) is 0 Å². The quantitative estimate of drug-likeness (QED) is 0.934. The lowest BCUT2D eigenvalue weighted by molar-refractivity contribution is 0.102. The summed E-state index contributed by atoms with van der Waals surface area (Å²) in [5, 5.41) is 12.7. The van der Waals surface area contributed by atoms with Gasteiger partial charge < -0.3 is 9.84 Å². The lowest BCUT2D eigenvalue weighted by atomic mass is 9.93. The molecule has 90 valence electrons. The fourth-order valence-corrected chi connectivity index (χ4v) is 3.64. The van der Waals surface area contributed by atoms with Crippen molar-refractivity contribution in [2.75, 3.05) is 7.11 Å². The van der Waals surface area contributed by atoms with E-state index < -0.39 is 5.60 Å². The molecule has 0 radical (unpaired) electrons. The van der Waals surface area contributed by atoms with E-state index in [4.69, 9.17) is 4.74 Å².